The topological polar surface area (TPSA) is 75.9 Å². The van der Waals surface area contributed by atoms with Gasteiger partial charge in [0.25, 0.3) is 0 Å². The Bertz CT molecular complexity index is 3120. The summed E-state index contributed by atoms with van der Waals surface area (Å²) in [6.07, 6.45) is 1.38. The van der Waals surface area contributed by atoms with Gasteiger partial charge in [-0.2, -0.15) is 0 Å². The van der Waals surface area contributed by atoms with Crippen LogP contribution in [0.15, 0.2) is 177 Å². The van der Waals surface area contributed by atoms with Crippen molar-refractivity contribution in [2.24, 2.45) is 9.98 Å². The van der Waals surface area contributed by atoms with E-state index < -0.39 is 6.17 Å². The van der Waals surface area contributed by atoms with Crippen molar-refractivity contribution in [1.82, 2.24) is 10.3 Å². The predicted octanol–water partition coefficient (Wildman–Crippen LogP) is 11.3. The minimum absolute atomic E-state index is 0.434. The van der Waals surface area contributed by atoms with Crippen LogP contribution in [0.4, 0.5) is 0 Å². The lowest BCUT2D eigenvalue weighted by Crippen LogP contribution is -2.34. The van der Waals surface area contributed by atoms with Crippen LogP contribution in [0, 0.1) is 0 Å². The molecule has 0 aliphatic carbocycles. The van der Waals surface area contributed by atoms with Crippen LogP contribution >= 0.6 is 0 Å². The number of furan rings is 2. The zero-order valence-electron chi connectivity index (χ0n) is 27.7. The first kappa shape index (κ1) is 28.8. The number of amidine groups is 2. The van der Waals surface area contributed by atoms with E-state index in [9.17, 15) is 0 Å². The number of nitrogens with one attached hydrogen (secondary N) is 1. The van der Waals surface area contributed by atoms with E-state index in [-0.39, 0.29) is 0 Å². The molecule has 1 unspecified atom stereocenters. The molecule has 1 atom stereocenters. The predicted molar refractivity (Wildman–Crippen MR) is 211 cm³/mol. The van der Waals surface area contributed by atoms with Crippen molar-refractivity contribution >= 4 is 77.2 Å². The molecule has 1 aliphatic heterocycles. The van der Waals surface area contributed by atoms with Gasteiger partial charge in [0, 0.05) is 55.9 Å². The number of fused-ring (bicyclic) bond motifs is 8. The van der Waals surface area contributed by atoms with Crippen LogP contribution in [0.25, 0.3) is 76.7 Å². The molecule has 0 saturated heterocycles. The third kappa shape index (κ3) is 4.48. The summed E-state index contributed by atoms with van der Waals surface area (Å²) in [7, 11) is 0. The molecule has 7 aromatic carbocycles. The van der Waals surface area contributed by atoms with E-state index in [1.54, 1.807) is 0 Å². The SMILES string of the molecule is c1ccc(C2=NC(c3cccc4oc5ccccc5c34)NC(c3cc4ccccc4cc3-c3cccc4oc5cc6ncccc6cc5c34)=N2)cc1. The molecule has 3 aromatic heterocycles. The van der Waals surface area contributed by atoms with E-state index in [0.29, 0.717) is 5.84 Å². The molecule has 0 fully saturated rings. The second-order valence-corrected chi connectivity index (χ2v) is 13.2. The lowest BCUT2D eigenvalue weighted by Gasteiger charge is -2.25. The molecule has 0 radical (unpaired) electrons. The lowest BCUT2D eigenvalue weighted by atomic mass is 9.91. The first-order chi connectivity index (χ1) is 25.7. The maximum atomic E-state index is 6.50. The summed E-state index contributed by atoms with van der Waals surface area (Å²) in [5.74, 6) is 1.40. The van der Waals surface area contributed by atoms with Crippen LogP contribution < -0.4 is 5.32 Å². The van der Waals surface area contributed by atoms with Crippen LogP contribution in [0.5, 0.6) is 0 Å². The molecule has 0 saturated carbocycles. The molecule has 52 heavy (non-hydrogen) atoms. The maximum Gasteiger partial charge on any atom is 0.159 e. The number of rotatable bonds is 4. The fraction of sp³-hybridized carbons (Fsp3) is 0.0217. The first-order valence-corrected chi connectivity index (χ1v) is 17.4. The first-order valence-electron chi connectivity index (χ1n) is 17.4. The van der Waals surface area contributed by atoms with Gasteiger partial charge in [-0.3, -0.25) is 4.98 Å². The van der Waals surface area contributed by atoms with E-state index in [0.717, 1.165) is 99.2 Å². The highest BCUT2D eigenvalue weighted by Crippen LogP contribution is 2.41. The second-order valence-electron chi connectivity index (χ2n) is 13.2. The lowest BCUT2D eigenvalue weighted by molar-refractivity contribution is 0.662. The molecule has 0 bridgehead atoms. The number of aliphatic imine (C=N–C) groups is 2. The largest absolute Gasteiger partial charge is 0.456 e. The Labute approximate surface area is 297 Å². The minimum Gasteiger partial charge on any atom is -0.456 e. The van der Waals surface area contributed by atoms with Crippen LogP contribution in [-0.4, -0.2) is 16.7 Å². The normalized spacial score (nSPS) is 14.7. The van der Waals surface area contributed by atoms with Crippen LogP contribution in [0.2, 0.25) is 0 Å². The molecule has 10 aromatic rings. The van der Waals surface area contributed by atoms with Crippen molar-refractivity contribution in [1.29, 1.82) is 0 Å². The fourth-order valence-electron chi connectivity index (χ4n) is 7.77. The Morgan fingerprint density at radius 3 is 2.10 bits per heavy atom. The van der Waals surface area contributed by atoms with Gasteiger partial charge in [-0.15, -0.1) is 0 Å². The summed E-state index contributed by atoms with van der Waals surface area (Å²) in [6, 6.07) is 52.2. The van der Waals surface area contributed by atoms with Gasteiger partial charge in [0.2, 0.25) is 0 Å². The Balaban J connectivity index is 1.17. The van der Waals surface area contributed by atoms with Crippen LogP contribution in [-0.2, 0) is 0 Å². The zero-order chi connectivity index (χ0) is 34.2. The summed E-state index contributed by atoms with van der Waals surface area (Å²) >= 11 is 0. The number of para-hydroxylation sites is 1. The molecule has 4 heterocycles. The monoisotopic (exact) mass is 668 g/mol. The van der Waals surface area contributed by atoms with Crippen molar-refractivity contribution in [3.8, 4) is 11.1 Å². The molecule has 0 spiro atoms. The summed E-state index contributed by atoms with van der Waals surface area (Å²) in [6.45, 7) is 0. The highest BCUT2D eigenvalue weighted by Gasteiger charge is 2.27. The number of nitrogens with zero attached hydrogens (tertiary/aromatic N) is 3. The summed E-state index contributed by atoms with van der Waals surface area (Å²) < 4.78 is 12.8. The molecule has 11 rings (SSSR count). The molecule has 1 N–H and O–H groups in total. The number of aromatic nitrogens is 1. The van der Waals surface area contributed by atoms with Gasteiger partial charge in [0.05, 0.1) is 5.52 Å². The van der Waals surface area contributed by atoms with E-state index >= 15 is 0 Å². The summed E-state index contributed by atoms with van der Waals surface area (Å²) in [4.78, 5) is 15.1. The Morgan fingerprint density at radius 2 is 1.21 bits per heavy atom. The third-order valence-corrected chi connectivity index (χ3v) is 10.2. The fourth-order valence-corrected chi connectivity index (χ4v) is 7.77. The van der Waals surface area contributed by atoms with Crippen LogP contribution in [0.3, 0.4) is 0 Å². The molecule has 244 valence electrons. The molecular weight excluding hydrogens is 641 g/mol. The smallest absolute Gasteiger partial charge is 0.159 e. The number of hydrogen-bond acceptors (Lipinski definition) is 6. The van der Waals surface area contributed by atoms with Gasteiger partial charge in [-0.1, -0.05) is 103 Å². The Hall–Kier alpha value is -7.05. The summed E-state index contributed by atoms with van der Waals surface area (Å²) in [5, 5.41) is 11.3. The van der Waals surface area contributed by atoms with Crippen molar-refractivity contribution in [3.63, 3.8) is 0 Å². The quantitative estimate of drug-likeness (QED) is 0.202. The average Bonchev–Trinajstić information content (AvgIpc) is 3.77. The van der Waals surface area contributed by atoms with Gasteiger partial charge >= 0.3 is 0 Å². The van der Waals surface area contributed by atoms with Gasteiger partial charge in [-0.05, 0) is 64.4 Å². The van der Waals surface area contributed by atoms with Gasteiger partial charge in [-0.25, -0.2) is 9.98 Å². The maximum absolute atomic E-state index is 6.50. The average molecular weight is 669 g/mol. The molecule has 6 nitrogen and oxygen atoms in total. The van der Waals surface area contributed by atoms with Crippen molar-refractivity contribution in [3.05, 3.63) is 175 Å². The summed E-state index contributed by atoms with van der Waals surface area (Å²) in [5.41, 5.74) is 9.26. The van der Waals surface area contributed by atoms with E-state index in [1.165, 1.54) is 0 Å². The Kier molecular flexibility index (Phi) is 6.21. The van der Waals surface area contributed by atoms with E-state index in [1.807, 2.05) is 66.9 Å². The standard InChI is InChI=1S/C46H28N4O2/c1-2-11-27(12-3-1)44-48-45(33-18-9-21-40-43(33)32-16-6-7-19-38(32)51-40)50-46(49-44)35-24-29-14-5-4-13-28(29)23-34(35)31-17-8-20-39-42(31)36-25-30-15-10-22-47-37(30)26-41(36)52-39/h1-26,45H,(H,48,49,50). The number of pyridine rings is 1. The third-order valence-electron chi connectivity index (χ3n) is 10.2. The molecule has 1 aliphatic rings. The van der Waals surface area contributed by atoms with E-state index in [4.69, 9.17) is 18.8 Å². The van der Waals surface area contributed by atoms with Crippen molar-refractivity contribution in [2.45, 2.75) is 6.17 Å². The Morgan fingerprint density at radius 1 is 0.500 bits per heavy atom. The molecule has 0 amide bonds. The van der Waals surface area contributed by atoms with Gasteiger partial charge in [0.15, 0.2) is 5.84 Å². The minimum atomic E-state index is -0.434. The van der Waals surface area contributed by atoms with E-state index in [2.05, 4.69) is 101 Å². The zero-order valence-corrected chi connectivity index (χ0v) is 27.7. The highest BCUT2D eigenvalue weighted by molar-refractivity contribution is 6.21. The highest BCUT2D eigenvalue weighted by atomic mass is 16.3. The molecular formula is C46H28N4O2. The molecule has 6 heteroatoms. The van der Waals surface area contributed by atoms with Gasteiger partial charge in [0.1, 0.15) is 34.3 Å². The number of benzene rings is 7. The van der Waals surface area contributed by atoms with Crippen molar-refractivity contribution in [2.75, 3.05) is 0 Å². The second kappa shape index (κ2) is 11.2. The number of hydrogen-bond donors (Lipinski definition) is 1. The van der Waals surface area contributed by atoms with Crippen molar-refractivity contribution < 1.29 is 8.83 Å². The van der Waals surface area contributed by atoms with Gasteiger partial charge < -0.3 is 14.2 Å². The van der Waals surface area contributed by atoms with Crippen LogP contribution in [0.1, 0.15) is 22.9 Å².